The second kappa shape index (κ2) is 8.06. The molecule has 0 amide bonds. The van der Waals surface area contributed by atoms with Gasteiger partial charge in [0.05, 0.1) is 14.2 Å². The Kier molecular flexibility index (Phi) is 5.58. The van der Waals surface area contributed by atoms with Crippen LogP contribution in [0.25, 0.3) is 10.9 Å². The van der Waals surface area contributed by atoms with E-state index in [2.05, 4.69) is 34.6 Å². The molecule has 0 saturated heterocycles. The van der Waals surface area contributed by atoms with Gasteiger partial charge in [0.1, 0.15) is 11.8 Å². The van der Waals surface area contributed by atoms with Gasteiger partial charge < -0.3 is 19.8 Å². The molecule has 3 aromatic rings. The minimum absolute atomic E-state index is 0.0872. The molecular formula is C21H24N2O3. The third-order valence-electron chi connectivity index (χ3n) is 4.70. The normalized spacial score (nSPS) is 13.3. The van der Waals surface area contributed by atoms with Crippen LogP contribution in [0.4, 0.5) is 0 Å². The van der Waals surface area contributed by atoms with Crippen LogP contribution in [0.2, 0.25) is 0 Å². The second-order valence-corrected chi connectivity index (χ2v) is 6.27. The summed E-state index contributed by atoms with van der Waals surface area (Å²) in [5.74, 6) is 0.642. The van der Waals surface area contributed by atoms with Crippen molar-refractivity contribution in [2.45, 2.75) is 18.9 Å². The Labute approximate surface area is 153 Å². The Bertz CT molecular complexity index is 870. The molecule has 3 rings (SSSR count). The van der Waals surface area contributed by atoms with Gasteiger partial charge in [-0.2, -0.15) is 0 Å². The molecule has 5 heteroatoms. The number of carbonyl (C=O) groups is 1. The maximum absolute atomic E-state index is 11.7. The Morgan fingerprint density at radius 3 is 2.54 bits per heavy atom. The Balaban J connectivity index is 1.94. The average molecular weight is 352 g/mol. The van der Waals surface area contributed by atoms with E-state index < -0.39 is 0 Å². The predicted octanol–water partition coefficient (Wildman–Crippen LogP) is 3.46. The first-order chi connectivity index (χ1) is 12.6. The molecule has 2 N–H and O–H groups in total. The smallest absolute Gasteiger partial charge is 0.322 e. The minimum atomic E-state index is -0.369. The highest BCUT2D eigenvalue weighted by atomic mass is 16.5. The van der Waals surface area contributed by atoms with Crippen molar-refractivity contribution >= 4 is 16.9 Å². The number of rotatable bonds is 7. The van der Waals surface area contributed by atoms with E-state index in [1.165, 1.54) is 18.1 Å². The van der Waals surface area contributed by atoms with Crippen LogP contribution in [-0.4, -0.2) is 37.8 Å². The number of ether oxygens (including phenoxy) is 2. The van der Waals surface area contributed by atoms with Gasteiger partial charge >= 0.3 is 5.97 Å². The van der Waals surface area contributed by atoms with Crippen molar-refractivity contribution in [2.75, 3.05) is 20.8 Å². The zero-order chi connectivity index (χ0) is 18.5. The fourth-order valence-corrected chi connectivity index (χ4v) is 3.18. The van der Waals surface area contributed by atoms with Crippen LogP contribution in [0.15, 0.2) is 54.7 Å². The van der Waals surface area contributed by atoms with Crippen LogP contribution < -0.4 is 10.1 Å². The van der Waals surface area contributed by atoms with Gasteiger partial charge in [-0.3, -0.25) is 4.79 Å². The lowest BCUT2D eigenvalue weighted by atomic mass is 9.90. The van der Waals surface area contributed by atoms with Crippen LogP contribution in [0.3, 0.4) is 0 Å². The largest absolute Gasteiger partial charge is 0.497 e. The number of nitrogens with one attached hydrogen (secondary N) is 2. The highest BCUT2D eigenvalue weighted by molar-refractivity contribution is 5.84. The van der Waals surface area contributed by atoms with Crippen molar-refractivity contribution in [1.29, 1.82) is 0 Å². The summed E-state index contributed by atoms with van der Waals surface area (Å²) in [6.45, 7) is 2.43. The summed E-state index contributed by atoms with van der Waals surface area (Å²) in [4.78, 5) is 15.1. The van der Waals surface area contributed by atoms with Crippen molar-refractivity contribution in [2.24, 2.45) is 0 Å². The summed E-state index contributed by atoms with van der Waals surface area (Å²) in [6, 6.07) is 15.9. The molecule has 0 saturated carbocycles. The third-order valence-corrected chi connectivity index (χ3v) is 4.70. The molecule has 26 heavy (non-hydrogen) atoms. The van der Waals surface area contributed by atoms with Crippen LogP contribution in [-0.2, 0) is 9.53 Å². The van der Waals surface area contributed by atoms with E-state index in [1.807, 2.05) is 37.4 Å². The standard InChI is InChI=1S/C21H24N2O3/c1-14(21(24)26-3)22-12-18(15-8-10-16(25-2)11-9-15)19-13-23-20-7-5-4-6-17(19)20/h4-11,13-14,18,22-23H,12H2,1-3H3/t14-,18-/m0/s1. The molecule has 0 bridgehead atoms. The lowest BCUT2D eigenvalue weighted by molar-refractivity contribution is -0.142. The lowest BCUT2D eigenvalue weighted by Gasteiger charge is -2.20. The summed E-state index contributed by atoms with van der Waals surface area (Å²) in [6.07, 6.45) is 2.05. The molecule has 0 spiro atoms. The summed E-state index contributed by atoms with van der Waals surface area (Å²) < 4.78 is 10.1. The molecule has 2 atom stereocenters. The minimum Gasteiger partial charge on any atom is -0.497 e. The van der Waals surface area contributed by atoms with Crippen molar-refractivity contribution in [1.82, 2.24) is 10.3 Å². The zero-order valence-corrected chi connectivity index (χ0v) is 15.3. The van der Waals surface area contributed by atoms with Gasteiger partial charge in [-0.05, 0) is 36.2 Å². The van der Waals surface area contributed by atoms with Gasteiger partial charge in [0.2, 0.25) is 0 Å². The second-order valence-electron chi connectivity index (χ2n) is 6.27. The van der Waals surface area contributed by atoms with Crippen LogP contribution >= 0.6 is 0 Å². The first kappa shape index (κ1) is 18.0. The van der Waals surface area contributed by atoms with Gasteiger partial charge in [0.25, 0.3) is 0 Å². The maximum atomic E-state index is 11.7. The molecule has 1 heterocycles. The fraction of sp³-hybridized carbons (Fsp3) is 0.286. The lowest BCUT2D eigenvalue weighted by Crippen LogP contribution is -2.37. The van der Waals surface area contributed by atoms with E-state index >= 15 is 0 Å². The highest BCUT2D eigenvalue weighted by Crippen LogP contribution is 2.31. The Hall–Kier alpha value is -2.79. The number of methoxy groups -OCH3 is 2. The van der Waals surface area contributed by atoms with Crippen molar-refractivity contribution in [3.8, 4) is 5.75 Å². The number of hydrogen-bond donors (Lipinski definition) is 2. The number of aromatic amines is 1. The van der Waals surface area contributed by atoms with Gasteiger partial charge in [0.15, 0.2) is 0 Å². The van der Waals surface area contributed by atoms with E-state index in [9.17, 15) is 4.79 Å². The third kappa shape index (κ3) is 3.73. The van der Waals surface area contributed by atoms with Crippen LogP contribution in [0.5, 0.6) is 5.75 Å². The molecule has 5 nitrogen and oxygen atoms in total. The summed E-state index contributed by atoms with van der Waals surface area (Å²) in [7, 11) is 3.06. The topological polar surface area (TPSA) is 63.4 Å². The fourth-order valence-electron chi connectivity index (χ4n) is 3.18. The highest BCUT2D eigenvalue weighted by Gasteiger charge is 2.21. The van der Waals surface area contributed by atoms with Crippen molar-refractivity contribution in [3.05, 3.63) is 65.9 Å². The predicted molar refractivity (Wildman–Crippen MR) is 103 cm³/mol. The Morgan fingerprint density at radius 2 is 1.85 bits per heavy atom. The average Bonchev–Trinajstić information content (AvgIpc) is 3.12. The quantitative estimate of drug-likeness (QED) is 0.639. The molecular weight excluding hydrogens is 328 g/mol. The molecule has 2 aromatic carbocycles. The van der Waals surface area contributed by atoms with Crippen molar-refractivity contribution < 1.29 is 14.3 Å². The molecule has 0 unspecified atom stereocenters. The molecule has 0 aliphatic heterocycles. The number of benzene rings is 2. The van der Waals surface area contributed by atoms with Gasteiger partial charge in [0, 0.05) is 29.6 Å². The molecule has 0 aliphatic rings. The summed E-state index contributed by atoms with van der Waals surface area (Å²) in [5.41, 5.74) is 3.44. The van der Waals surface area contributed by atoms with E-state index in [4.69, 9.17) is 9.47 Å². The molecule has 0 aliphatic carbocycles. The van der Waals surface area contributed by atoms with Gasteiger partial charge in [-0.1, -0.05) is 30.3 Å². The number of para-hydroxylation sites is 1. The monoisotopic (exact) mass is 352 g/mol. The molecule has 0 radical (unpaired) electrons. The molecule has 0 fully saturated rings. The number of carbonyl (C=O) groups excluding carboxylic acids is 1. The number of esters is 1. The van der Waals surface area contributed by atoms with Crippen molar-refractivity contribution in [3.63, 3.8) is 0 Å². The van der Waals surface area contributed by atoms with Gasteiger partial charge in [-0.15, -0.1) is 0 Å². The summed E-state index contributed by atoms with van der Waals surface area (Å²) >= 11 is 0. The van der Waals surface area contributed by atoms with E-state index in [1.54, 1.807) is 7.11 Å². The molecule has 1 aromatic heterocycles. The first-order valence-corrected chi connectivity index (χ1v) is 8.65. The number of hydrogen-bond acceptors (Lipinski definition) is 4. The SMILES string of the molecule is COC(=O)[C@H](C)NC[C@@H](c1ccc(OC)cc1)c1c[nH]c2ccccc12. The van der Waals surface area contributed by atoms with Crippen LogP contribution in [0.1, 0.15) is 24.0 Å². The Morgan fingerprint density at radius 1 is 1.12 bits per heavy atom. The number of fused-ring (bicyclic) bond motifs is 1. The van der Waals surface area contributed by atoms with E-state index in [0.717, 1.165) is 16.8 Å². The van der Waals surface area contributed by atoms with E-state index in [-0.39, 0.29) is 17.9 Å². The van der Waals surface area contributed by atoms with E-state index in [0.29, 0.717) is 6.54 Å². The van der Waals surface area contributed by atoms with Gasteiger partial charge in [-0.25, -0.2) is 0 Å². The van der Waals surface area contributed by atoms with Crippen LogP contribution in [0, 0.1) is 0 Å². The number of H-pyrrole nitrogens is 1. The summed E-state index contributed by atoms with van der Waals surface area (Å²) in [5, 5.41) is 4.48. The maximum Gasteiger partial charge on any atom is 0.322 e. The zero-order valence-electron chi connectivity index (χ0n) is 15.3. The first-order valence-electron chi connectivity index (χ1n) is 8.65. The number of aromatic nitrogens is 1. The molecule has 136 valence electrons.